The highest BCUT2D eigenvalue weighted by molar-refractivity contribution is 5.99. The maximum atomic E-state index is 12.0. The summed E-state index contributed by atoms with van der Waals surface area (Å²) in [6, 6.07) is 5.38. The number of ether oxygens (including phenoxy) is 1. The number of hydrogen-bond donors (Lipinski definition) is 1. The fourth-order valence-electron chi connectivity index (χ4n) is 2.33. The van der Waals surface area contributed by atoms with E-state index in [2.05, 4.69) is 32.6 Å². The van der Waals surface area contributed by atoms with E-state index < -0.39 is 0 Å². The lowest BCUT2D eigenvalue weighted by Gasteiger charge is -2.31. The number of hydrogen-bond acceptors (Lipinski definition) is 4. The predicted molar refractivity (Wildman–Crippen MR) is 84.1 cm³/mol. The van der Waals surface area contributed by atoms with E-state index in [0.29, 0.717) is 23.1 Å². The van der Waals surface area contributed by atoms with Gasteiger partial charge in [0.1, 0.15) is 0 Å². The van der Waals surface area contributed by atoms with Crippen LogP contribution in [0.1, 0.15) is 38.1 Å². The zero-order valence-electron chi connectivity index (χ0n) is 13.1. The minimum atomic E-state index is -0.343. The number of carbonyl (C=O) groups is 1. The summed E-state index contributed by atoms with van der Waals surface area (Å²) >= 11 is 0. The van der Waals surface area contributed by atoms with Gasteiger partial charge < -0.3 is 15.4 Å². The number of anilines is 2. The molecule has 1 aromatic carbocycles. The molecule has 4 nitrogen and oxygen atoms in total. The highest BCUT2D eigenvalue weighted by Gasteiger charge is 2.21. The minimum Gasteiger partial charge on any atom is -0.465 e. The molecule has 4 heteroatoms. The summed E-state index contributed by atoms with van der Waals surface area (Å²) in [5.74, 6) is 0.627. The van der Waals surface area contributed by atoms with Crippen molar-refractivity contribution in [3.8, 4) is 0 Å². The van der Waals surface area contributed by atoms with Crippen LogP contribution in [0.15, 0.2) is 18.2 Å². The number of esters is 1. The molecule has 0 aromatic heterocycles. The van der Waals surface area contributed by atoms with Crippen molar-refractivity contribution in [1.82, 2.24) is 0 Å². The standard InChI is InChI=1S/C16H26N2O2/c1-11(2)9-18(10-12(3)4)15-13(16(19)20-5)7-6-8-14(15)17/h6-8,11-12H,9-10,17H2,1-5H3. The fourth-order valence-corrected chi connectivity index (χ4v) is 2.33. The van der Waals surface area contributed by atoms with Crippen molar-refractivity contribution in [2.24, 2.45) is 11.8 Å². The van der Waals surface area contributed by atoms with E-state index >= 15 is 0 Å². The van der Waals surface area contributed by atoms with Crippen LogP contribution < -0.4 is 10.6 Å². The molecule has 0 aliphatic carbocycles. The lowest BCUT2D eigenvalue weighted by atomic mass is 10.1. The summed E-state index contributed by atoms with van der Waals surface area (Å²) in [5, 5.41) is 0. The highest BCUT2D eigenvalue weighted by Crippen LogP contribution is 2.30. The quantitative estimate of drug-likeness (QED) is 0.641. The average molecular weight is 278 g/mol. The van der Waals surface area contributed by atoms with Gasteiger partial charge in [0.2, 0.25) is 0 Å². The third-order valence-electron chi connectivity index (χ3n) is 2.96. The number of methoxy groups -OCH3 is 1. The van der Waals surface area contributed by atoms with Crippen molar-refractivity contribution in [2.45, 2.75) is 27.7 Å². The first-order chi connectivity index (χ1) is 9.36. The van der Waals surface area contributed by atoms with Gasteiger partial charge in [-0.25, -0.2) is 4.79 Å². The summed E-state index contributed by atoms with van der Waals surface area (Å²) in [7, 11) is 1.39. The molecule has 112 valence electrons. The summed E-state index contributed by atoms with van der Waals surface area (Å²) in [5.41, 5.74) is 8.07. The van der Waals surface area contributed by atoms with Gasteiger partial charge in [-0.15, -0.1) is 0 Å². The maximum Gasteiger partial charge on any atom is 0.340 e. The SMILES string of the molecule is COC(=O)c1cccc(N)c1N(CC(C)C)CC(C)C. The third kappa shape index (κ3) is 4.15. The largest absolute Gasteiger partial charge is 0.465 e. The first-order valence-corrected chi connectivity index (χ1v) is 7.08. The second-order valence-electron chi connectivity index (χ2n) is 5.93. The van der Waals surface area contributed by atoms with Gasteiger partial charge >= 0.3 is 5.97 Å². The molecule has 1 rings (SSSR count). The third-order valence-corrected chi connectivity index (χ3v) is 2.96. The summed E-state index contributed by atoms with van der Waals surface area (Å²) in [6.45, 7) is 10.3. The maximum absolute atomic E-state index is 12.0. The molecule has 0 saturated heterocycles. The van der Waals surface area contributed by atoms with Crippen LogP contribution in [0.4, 0.5) is 11.4 Å². The zero-order chi connectivity index (χ0) is 15.3. The highest BCUT2D eigenvalue weighted by atomic mass is 16.5. The Labute approximate surface area is 121 Å². The Morgan fingerprint density at radius 1 is 1.20 bits per heavy atom. The molecule has 0 amide bonds. The van der Waals surface area contributed by atoms with Crippen LogP contribution in [0, 0.1) is 11.8 Å². The number of rotatable bonds is 6. The molecule has 0 saturated carbocycles. The molecule has 20 heavy (non-hydrogen) atoms. The summed E-state index contributed by atoms with van der Waals surface area (Å²) < 4.78 is 4.87. The van der Waals surface area contributed by atoms with E-state index in [1.807, 2.05) is 6.07 Å². The second kappa shape index (κ2) is 7.17. The van der Waals surface area contributed by atoms with Gasteiger partial charge in [-0.3, -0.25) is 0 Å². The van der Waals surface area contributed by atoms with E-state index in [-0.39, 0.29) is 5.97 Å². The van der Waals surface area contributed by atoms with Gasteiger partial charge in [-0.1, -0.05) is 33.8 Å². The number of benzene rings is 1. The van der Waals surface area contributed by atoms with Crippen molar-refractivity contribution in [3.63, 3.8) is 0 Å². The molecular formula is C16H26N2O2. The molecule has 0 atom stereocenters. The molecule has 2 N–H and O–H groups in total. The van der Waals surface area contributed by atoms with Crippen LogP contribution in [0.5, 0.6) is 0 Å². The average Bonchev–Trinajstić information content (AvgIpc) is 2.35. The van der Waals surface area contributed by atoms with Gasteiger partial charge in [0, 0.05) is 13.1 Å². The van der Waals surface area contributed by atoms with Crippen LogP contribution in [-0.4, -0.2) is 26.2 Å². The number of nitrogens with zero attached hydrogens (tertiary/aromatic N) is 1. The minimum absolute atomic E-state index is 0.343. The zero-order valence-corrected chi connectivity index (χ0v) is 13.1. The van der Waals surface area contributed by atoms with Crippen LogP contribution >= 0.6 is 0 Å². The number of nitrogen functional groups attached to an aromatic ring is 1. The molecule has 0 fully saturated rings. The second-order valence-corrected chi connectivity index (χ2v) is 5.93. The van der Waals surface area contributed by atoms with Gasteiger partial charge in [-0.05, 0) is 24.0 Å². The van der Waals surface area contributed by atoms with Crippen molar-refractivity contribution in [2.75, 3.05) is 30.8 Å². The first kappa shape index (κ1) is 16.3. The van der Waals surface area contributed by atoms with Gasteiger partial charge in [-0.2, -0.15) is 0 Å². The first-order valence-electron chi connectivity index (χ1n) is 7.08. The molecule has 0 heterocycles. The lowest BCUT2D eigenvalue weighted by molar-refractivity contribution is 0.0601. The van der Waals surface area contributed by atoms with E-state index in [9.17, 15) is 4.79 Å². The summed E-state index contributed by atoms with van der Waals surface area (Å²) in [6.07, 6.45) is 0. The van der Waals surface area contributed by atoms with Crippen LogP contribution in [0.2, 0.25) is 0 Å². The predicted octanol–water partition coefficient (Wildman–Crippen LogP) is 3.17. The Hall–Kier alpha value is -1.71. The monoisotopic (exact) mass is 278 g/mol. The molecule has 1 aromatic rings. The topological polar surface area (TPSA) is 55.6 Å². The number of para-hydroxylation sites is 1. The summed E-state index contributed by atoms with van der Waals surface area (Å²) in [4.78, 5) is 14.1. The Kier molecular flexibility index (Phi) is 5.86. The molecule has 0 aliphatic rings. The van der Waals surface area contributed by atoms with Crippen molar-refractivity contribution < 1.29 is 9.53 Å². The Balaban J connectivity index is 3.26. The van der Waals surface area contributed by atoms with E-state index in [1.165, 1.54) is 7.11 Å². The van der Waals surface area contributed by atoms with Gasteiger partial charge in [0.25, 0.3) is 0 Å². The molecular weight excluding hydrogens is 252 g/mol. The lowest BCUT2D eigenvalue weighted by Crippen LogP contribution is -2.33. The van der Waals surface area contributed by atoms with Crippen LogP contribution in [-0.2, 0) is 4.74 Å². The molecule has 0 spiro atoms. The van der Waals surface area contributed by atoms with Crippen molar-refractivity contribution in [3.05, 3.63) is 23.8 Å². The van der Waals surface area contributed by atoms with E-state index in [0.717, 1.165) is 18.8 Å². The normalized spacial score (nSPS) is 10.9. The van der Waals surface area contributed by atoms with Crippen LogP contribution in [0.3, 0.4) is 0 Å². The van der Waals surface area contributed by atoms with E-state index in [1.54, 1.807) is 12.1 Å². The smallest absolute Gasteiger partial charge is 0.340 e. The molecule has 0 bridgehead atoms. The van der Waals surface area contributed by atoms with E-state index in [4.69, 9.17) is 10.5 Å². The molecule has 0 radical (unpaired) electrons. The van der Waals surface area contributed by atoms with Crippen molar-refractivity contribution >= 4 is 17.3 Å². The van der Waals surface area contributed by atoms with Crippen LogP contribution in [0.25, 0.3) is 0 Å². The fraction of sp³-hybridized carbons (Fsp3) is 0.562. The van der Waals surface area contributed by atoms with Crippen molar-refractivity contribution in [1.29, 1.82) is 0 Å². The molecule has 0 unspecified atom stereocenters. The molecule has 0 aliphatic heterocycles. The van der Waals surface area contributed by atoms with Gasteiger partial charge in [0.05, 0.1) is 24.0 Å². The Bertz CT molecular complexity index is 446. The number of carbonyl (C=O) groups excluding carboxylic acids is 1. The van der Waals surface area contributed by atoms with Gasteiger partial charge in [0.15, 0.2) is 0 Å². The Morgan fingerprint density at radius 3 is 2.20 bits per heavy atom. The number of nitrogens with two attached hydrogens (primary N) is 1. The Morgan fingerprint density at radius 2 is 1.75 bits per heavy atom.